The van der Waals surface area contributed by atoms with Gasteiger partial charge in [0, 0.05) is 12.4 Å². The second-order valence-electron chi connectivity index (χ2n) is 2.52. The average Bonchev–Trinajstić information content (AvgIpc) is 2.47. The molecule has 0 aliphatic heterocycles. The topological polar surface area (TPSA) is 20.7 Å². The molecule has 0 atom stereocenters. The SMILES string of the molecule is CC.Cn1[nH]c(=S)c2ccccc21. The predicted molar refractivity (Wildman–Crippen MR) is 59.5 cm³/mol. The third kappa shape index (κ3) is 1.80. The standard InChI is InChI=1S/C8H8N2S.C2H6/c1-10-7-5-3-2-4-6(7)8(11)9-10;1-2/h2-5H,1H3,(H,9,11);1-2H3. The normalized spacial score (nSPS) is 9.46. The summed E-state index contributed by atoms with van der Waals surface area (Å²) in [5, 5.41) is 4.16. The lowest BCUT2D eigenvalue weighted by atomic mass is 10.3. The summed E-state index contributed by atoms with van der Waals surface area (Å²) in [6.45, 7) is 4.00. The number of para-hydroxylation sites is 1. The molecule has 0 unspecified atom stereocenters. The van der Waals surface area contributed by atoms with E-state index in [0.717, 1.165) is 15.5 Å². The molecule has 0 spiro atoms. The van der Waals surface area contributed by atoms with Crippen LogP contribution in [0.25, 0.3) is 10.9 Å². The van der Waals surface area contributed by atoms with Gasteiger partial charge in [0.1, 0.15) is 4.64 Å². The fourth-order valence-electron chi connectivity index (χ4n) is 1.23. The van der Waals surface area contributed by atoms with Crippen LogP contribution >= 0.6 is 12.2 Å². The summed E-state index contributed by atoms with van der Waals surface area (Å²) in [6, 6.07) is 8.06. The maximum absolute atomic E-state index is 5.10. The van der Waals surface area contributed by atoms with Crippen LogP contribution in [0.4, 0.5) is 0 Å². The van der Waals surface area contributed by atoms with Crippen molar-refractivity contribution in [3.63, 3.8) is 0 Å². The van der Waals surface area contributed by atoms with E-state index >= 15 is 0 Å². The highest BCUT2D eigenvalue weighted by Gasteiger charge is 1.96. The largest absolute Gasteiger partial charge is 0.289 e. The first-order valence-electron chi connectivity index (χ1n) is 4.43. The average molecular weight is 194 g/mol. The quantitative estimate of drug-likeness (QED) is 0.638. The Morgan fingerprint density at radius 1 is 1.23 bits per heavy atom. The Morgan fingerprint density at radius 2 is 1.85 bits per heavy atom. The van der Waals surface area contributed by atoms with Crippen LogP contribution in [0.3, 0.4) is 0 Å². The maximum Gasteiger partial charge on any atom is 0.127 e. The first-order valence-corrected chi connectivity index (χ1v) is 4.83. The van der Waals surface area contributed by atoms with Gasteiger partial charge in [-0.15, -0.1) is 0 Å². The number of aryl methyl sites for hydroxylation is 1. The summed E-state index contributed by atoms with van der Waals surface area (Å²) in [5.74, 6) is 0. The Balaban J connectivity index is 0.000000396. The van der Waals surface area contributed by atoms with Crippen LogP contribution in [0.5, 0.6) is 0 Å². The number of hydrogen-bond acceptors (Lipinski definition) is 1. The van der Waals surface area contributed by atoms with Crippen molar-refractivity contribution < 1.29 is 0 Å². The molecule has 0 aliphatic carbocycles. The Morgan fingerprint density at radius 3 is 2.46 bits per heavy atom. The molecule has 0 aliphatic rings. The molecule has 0 bridgehead atoms. The summed E-state index contributed by atoms with van der Waals surface area (Å²) >= 11 is 5.10. The van der Waals surface area contributed by atoms with Gasteiger partial charge in [-0.3, -0.25) is 9.78 Å². The lowest BCUT2D eigenvalue weighted by molar-refractivity contribution is 0.792. The molecule has 13 heavy (non-hydrogen) atoms. The van der Waals surface area contributed by atoms with E-state index in [-0.39, 0.29) is 0 Å². The zero-order valence-electron chi connectivity index (χ0n) is 8.16. The fourth-order valence-corrected chi connectivity index (χ4v) is 1.54. The van der Waals surface area contributed by atoms with E-state index in [4.69, 9.17) is 12.2 Å². The first-order chi connectivity index (χ1) is 6.29. The van der Waals surface area contributed by atoms with Crippen molar-refractivity contribution in [2.75, 3.05) is 0 Å². The smallest absolute Gasteiger partial charge is 0.127 e. The number of aromatic amines is 1. The molecule has 0 radical (unpaired) electrons. The van der Waals surface area contributed by atoms with Gasteiger partial charge in [-0.25, -0.2) is 0 Å². The summed E-state index contributed by atoms with van der Waals surface area (Å²) in [6.07, 6.45) is 0. The minimum Gasteiger partial charge on any atom is -0.289 e. The van der Waals surface area contributed by atoms with Gasteiger partial charge in [-0.1, -0.05) is 38.2 Å². The van der Waals surface area contributed by atoms with Gasteiger partial charge in [-0.05, 0) is 12.1 Å². The molecular formula is C10H14N2S. The van der Waals surface area contributed by atoms with E-state index in [1.807, 2.05) is 49.8 Å². The van der Waals surface area contributed by atoms with E-state index in [2.05, 4.69) is 5.10 Å². The molecular weight excluding hydrogens is 180 g/mol. The molecule has 2 nitrogen and oxygen atoms in total. The zero-order valence-corrected chi connectivity index (χ0v) is 8.98. The van der Waals surface area contributed by atoms with Gasteiger partial charge >= 0.3 is 0 Å². The van der Waals surface area contributed by atoms with E-state index in [0.29, 0.717) is 0 Å². The molecule has 2 rings (SSSR count). The Hall–Kier alpha value is -1.09. The van der Waals surface area contributed by atoms with Gasteiger partial charge in [0.25, 0.3) is 0 Å². The molecule has 1 N–H and O–H groups in total. The molecule has 0 fully saturated rings. The number of rotatable bonds is 0. The van der Waals surface area contributed by atoms with Crippen LogP contribution in [0.15, 0.2) is 24.3 Å². The lowest BCUT2D eigenvalue weighted by Gasteiger charge is -1.91. The minimum atomic E-state index is 0.808. The van der Waals surface area contributed by atoms with Gasteiger partial charge in [0.05, 0.1) is 5.52 Å². The fraction of sp³-hybridized carbons (Fsp3) is 0.300. The second-order valence-corrected chi connectivity index (χ2v) is 2.93. The van der Waals surface area contributed by atoms with Crippen molar-refractivity contribution in [2.24, 2.45) is 7.05 Å². The van der Waals surface area contributed by atoms with Crippen LogP contribution in [0.2, 0.25) is 0 Å². The van der Waals surface area contributed by atoms with E-state index in [1.54, 1.807) is 0 Å². The summed E-state index contributed by atoms with van der Waals surface area (Å²) in [4.78, 5) is 0. The van der Waals surface area contributed by atoms with E-state index in [9.17, 15) is 0 Å². The highest BCUT2D eigenvalue weighted by atomic mass is 32.1. The van der Waals surface area contributed by atoms with Crippen molar-refractivity contribution in [1.82, 2.24) is 9.78 Å². The number of benzene rings is 1. The van der Waals surface area contributed by atoms with Crippen LogP contribution in [0.1, 0.15) is 13.8 Å². The zero-order chi connectivity index (χ0) is 9.84. The van der Waals surface area contributed by atoms with Crippen molar-refractivity contribution in [2.45, 2.75) is 13.8 Å². The van der Waals surface area contributed by atoms with Gasteiger partial charge in [0.15, 0.2) is 0 Å². The Kier molecular flexibility index (Phi) is 3.25. The lowest BCUT2D eigenvalue weighted by Crippen LogP contribution is -1.87. The molecule has 1 aromatic heterocycles. The van der Waals surface area contributed by atoms with Crippen LogP contribution in [-0.2, 0) is 7.05 Å². The molecule has 70 valence electrons. The van der Waals surface area contributed by atoms with Crippen molar-refractivity contribution in [1.29, 1.82) is 0 Å². The number of aromatic nitrogens is 2. The van der Waals surface area contributed by atoms with Gasteiger partial charge in [0.2, 0.25) is 0 Å². The molecule has 0 saturated heterocycles. The summed E-state index contributed by atoms with van der Waals surface area (Å²) in [7, 11) is 1.96. The number of hydrogen-bond donors (Lipinski definition) is 1. The van der Waals surface area contributed by atoms with Crippen LogP contribution < -0.4 is 0 Å². The Labute approximate surface area is 83.2 Å². The minimum absolute atomic E-state index is 0.808. The third-order valence-electron chi connectivity index (χ3n) is 1.78. The van der Waals surface area contributed by atoms with Crippen molar-refractivity contribution in [3.05, 3.63) is 28.9 Å². The first kappa shape index (κ1) is 9.99. The Bertz CT molecular complexity index is 439. The monoisotopic (exact) mass is 194 g/mol. The summed E-state index contributed by atoms with van der Waals surface area (Å²) in [5.41, 5.74) is 1.15. The number of fused-ring (bicyclic) bond motifs is 1. The molecule has 0 saturated carbocycles. The van der Waals surface area contributed by atoms with Gasteiger partial charge < -0.3 is 0 Å². The van der Waals surface area contributed by atoms with E-state index < -0.39 is 0 Å². The predicted octanol–water partition coefficient (Wildman–Crippen LogP) is 3.26. The highest BCUT2D eigenvalue weighted by molar-refractivity contribution is 7.71. The molecule has 3 heteroatoms. The number of H-pyrrole nitrogens is 1. The van der Waals surface area contributed by atoms with E-state index in [1.165, 1.54) is 0 Å². The second kappa shape index (κ2) is 4.23. The summed E-state index contributed by atoms with van der Waals surface area (Å²) < 4.78 is 2.74. The maximum atomic E-state index is 5.10. The van der Waals surface area contributed by atoms with Crippen LogP contribution in [0, 0.1) is 4.64 Å². The van der Waals surface area contributed by atoms with Crippen LogP contribution in [-0.4, -0.2) is 9.78 Å². The highest BCUT2D eigenvalue weighted by Crippen LogP contribution is 2.12. The van der Waals surface area contributed by atoms with Gasteiger partial charge in [-0.2, -0.15) is 0 Å². The molecule has 1 aromatic carbocycles. The molecule has 1 heterocycles. The van der Waals surface area contributed by atoms with Crippen molar-refractivity contribution in [3.8, 4) is 0 Å². The molecule has 2 aromatic rings. The third-order valence-corrected chi connectivity index (χ3v) is 2.09. The van der Waals surface area contributed by atoms with Crippen molar-refractivity contribution >= 4 is 23.1 Å². The molecule has 0 amide bonds. The number of nitrogens with zero attached hydrogens (tertiary/aromatic N) is 1. The number of nitrogens with one attached hydrogen (secondary N) is 1.